The van der Waals surface area contributed by atoms with E-state index in [4.69, 9.17) is 11.6 Å². The Labute approximate surface area is 162 Å². The highest BCUT2D eigenvalue weighted by atomic mass is 35.5. The minimum Gasteiger partial charge on any atom is -0.391 e. The standard InChI is InChI=1S/C17H14ClF3N4O3/c1-24(14-10(18)2-6(5-23-14)17(19,20)21)25-15(27)11-7-3-8(12(11)16(25)28)13(26)9(7)4-22/h2,5,7-9,11-13,26H,3H2,1H3/t7-,8-,9+,11-,12-,13+/m0/s1. The Hall–Kier alpha value is -2.38. The number of hydrogen-bond acceptors (Lipinski definition) is 6. The van der Waals surface area contributed by atoms with Crippen LogP contribution >= 0.6 is 11.6 Å². The molecule has 6 atom stereocenters. The number of nitrogens with zero attached hydrogens (tertiary/aromatic N) is 4. The van der Waals surface area contributed by atoms with E-state index in [1.165, 1.54) is 7.05 Å². The first-order chi connectivity index (χ1) is 13.1. The molecule has 148 valence electrons. The molecule has 2 bridgehead atoms. The van der Waals surface area contributed by atoms with Crippen LogP contribution in [0.25, 0.3) is 0 Å². The number of aromatic nitrogens is 1. The minimum absolute atomic E-state index is 0.180. The van der Waals surface area contributed by atoms with Crippen LogP contribution in [0.2, 0.25) is 5.02 Å². The molecule has 0 aromatic carbocycles. The van der Waals surface area contributed by atoms with Crippen molar-refractivity contribution in [3.8, 4) is 6.07 Å². The molecule has 28 heavy (non-hydrogen) atoms. The number of amides is 2. The Morgan fingerprint density at radius 1 is 1.32 bits per heavy atom. The third kappa shape index (κ3) is 2.42. The van der Waals surface area contributed by atoms with Gasteiger partial charge in [0.25, 0.3) is 11.8 Å². The van der Waals surface area contributed by atoms with Gasteiger partial charge in [0, 0.05) is 13.2 Å². The molecule has 11 heteroatoms. The molecule has 3 aliphatic rings. The molecular weight excluding hydrogens is 401 g/mol. The summed E-state index contributed by atoms with van der Waals surface area (Å²) in [6.07, 6.45) is -4.62. The minimum atomic E-state index is -4.63. The molecule has 1 aliphatic heterocycles. The van der Waals surface area contributed by atoms with Gasteiger partial charge in [-0.1, -0.05) is 11.6 Å². The van der Waals surface area contributed by atoms with Crippen LogP contribution < -0.4 is 5.01 Å². The van der Waals surface area contributed by atoms with Gasteiger partial charge in [0.2, 0.25) is 0 Å². The summed E-state index contributed by atoms with van der Waals surface area (Å²) in [6.45, 7) is 0. The van der Waals surface area contributed by atoms with E-state index in [-0.39, 0.29) is 10.8 Å². The van der Waals surface area contributed by atoms with Gasteiger partial charge in [0.15, 0.2) is 5.82 Å². The second-order valence-electron chi connectivity index (χ2n) is 7.30. The number of imide groups is 1. The van der Waals surface area contributed by atoms with Crippen molar-refractivity contribution in [1.29, 1.82) is 5.26 Å². The summed E-state index contributed by atoms with van der Waals surface area (Å²) in [6, 6.07) is 2.68. The highest BCUT2D eigenvalue weighted by molar-refractivity contribution is 6.33. The predicted octanol–water partition coefficient (Wildman–Crippen LogP) is 1.86. The number of anilines is 1. The first-order valence-corrected chi connectivity index (χ1v) is 8.87. The second kappa shape index (κ2) is 6.06. The summed E-state index contributed by atoms with van der Waals surface area (Å²) in [5, 5.41) is 21.0. The van der Waals surface area contributed by atoms with Crippen molar-refractivity contribution in [2.75, 3.05) is 12.1 Å². The fourth-order valence-electron chi connectivity index (χ4n) is 4.83. The smallest absolute Gasteiger partial charge is 0.391 e. The SMILES string of the molecule is CN(c1ncc(C(F)(F)F)cc1Cl)N1C(=O)[C@H]2[C@@H]3C[C@@H]([C@@H](C#N)[C@@H]3O)[C@@H]2C1=O. The van der Waals surface area contributed by atoms with Crippen LogP contribution in [0.15, 0.2) is 12.3 Å². The van der Waals surface area contributed by atoms with Gasteiger partial charge in [-0.15, -0.1) is 0 Å². The summed E-state index contributed by atoms with van der Waals surface area (Å²) < 4.78 is 38.4. The third-order valence-corrected chi connectivity index (χ3v) is 6.29. The highest BCUT2D eigenvalue weighted by Crippen LogP contribution is 2.58. The van der Waals surface area contributed by atoms with E-state index in [0.717, 1.165) is 10.0 Å². The normalized spacial score (nSPS) is 34.0. The monoisotopic (exact) mass is 414 g/mol. The van der Waals surface area contributed by atoms with Gasteiger partial charge in [-0.05, 0) is 24.3 Å². The molecule has 1 aromatic heterocycles. The summed E-state index contributed by atoms with van der Waals surface area (Å²) in [4.78, 5) is 29.5. The van der Waals surface area contributed by atoms with Crippen molar-refractivity contribution in [2.45, 2.75) is 18.7 Å². The summed E-state index contributed by atoms with van der Waals surface area (Å²) in [5.41, 5.74) is -1.05. The van der Waals surface area contributed by atoms with Crippen LogP contribution in [0.3, 0.4) is 0 Å². The molecule has 2 amide bonds. The number of fused-ring (bicyclic) bond motifs is 5. The zero-order valence-electron chi connectivity index (χ0n) is 14.4. The number of hydrazine groups is 1. The number of hydrogen-bond donors (Lipinski definition) is 1. The number of aliphatic hydroxyl groups is 1. The van der Waals surface area contributed by atoms with Crippen LogP contribution in [-0.2, 0) is 15.8 Å². The number of pyridine rings is 1. The van der Waals surface area contributed by atoms with E-state index >= 15 is 0 Å². The first kappa shape index (κ1) is 19.0. The summed E-state index contributed by atoms with van der Waals surface area (Å²) in [7, 11) is 1.30. The average Bonchev–Trinajstić information content (AvgIpc) is 3.23. The number of carbonyl (C=O) groups is 2. The van der Waals surface area contributed by atoms with Crippen molar-refractivity contribution >= 4 is 29.2 Å². The molecule has 0 spiro atoms. The maximum absolute atomic E-state index is 12.9. The van der Waals surface area contributed by atoms with E-state index in [9.17, 15) is 33.1 Å². The highest BCUT2D eigenvalue weighted by Gasteiger charge is 2.68. The Bertz CT molecular complexity index is 918. The van der Waals surface area contributed by atoms with Crippen LogP contribution in [0.1, 0.15) is 12.0 Å². The van der Waals surface area contributed by atoms with Crippen LogP contribution in [0, 0.1) is 40.9 Å². The zero-order valence-corrected chi connectivity index (χ0v) is 15.1. The van der Waals surface area contributed by atoms with Gasteiger partial charge in [-0.2, -0.15) is 23.4 Å². The third-order valence-electron chi connectivity index (χ3n) is 6.01. The number of halogens is 4. The van der Waals surface area contributed by atoms with E-state index in [1.54, 1.807) is 0 Å². The molecule has 1 aromatic rings. The quantitative estimate of drug-likeness (QED) is 0.742. The number of alkyl halides is 3. The largest absolute Gasteiger partial charge is 0.417 e. The Morgan fingerprint density at radius 2 is 1.93 bits per heavy atom. The summed E-state index contributed by atoms with van der Waals surface area (Å²) >= 11 is 5.93. The van der Waals surface area contributed by atoms with Crippen molar-refractivity contribution in [3.63, 3.8) is 0 Å². The number of aliphatic hydroxyl groups excluding tert-OH is 1. The predicted molar refractivity (Wildman–Crippen MR) is 88.2 cm³/mol. The maximum Gasteiger partial charge on any atom is 0.417 e. The van der Waals surface area contributed by atoms with Crippen LogP contribution in [0.5, 0.6) is 0 Å². The molecule has 1 saturated heterocycles. The van der Waals surface area contributed by atoms with E-state index < -0.39 is 59.2 Å². The van der Waals surface area contributed by atoms with E-state index in [0.29, 0.717) is 18.7 Å². The number of nitriles is 1. The Balaban J connectivity index is 1.65. The topological polar surface area (TPSA) is 97.5 Å². The maximum atomic E-state index is 12.9. The van der Waals surface area contributed by atoms with E-state index in [2.05, 4.69) is 4.98 Å². The lowest BCUT2D eigenvalue weighted by molar-refractivity contribution is -0.142. The van der Waals surface area contributed by atoms with Gasteiger partial charge in [0.1, 0.15) is 0 Å². The lowest BCUT2D eigenvalue weighted by Gasteiger charge is -2.29. The number of carbonyl (C=O) groups excluding carboxylic acids is 2. The fourth-order valence-corrected chi connectivity index (χ4v) is 5.12. The van der Waals surface area contributed by atoms with Crippen LogP contribution in [0.4, 0.5) is 19.0 Å². The molecule has 1 N–H and O–H groups in total. The van der Waals surface area contributed by atoms with Crippen molar-refractivity contribution in [1.82, 2.24) is 9.99 Å². The molecule has 7 nitrogen and oxygen atoms in total. The van der Waals surface area contributed by atoms with Crippen molar-refractivity contribution < 1.29 is 27.9 Å². The van der Waals surface area contributed by atoms with Crippen molar-refractivity contribution in [2.24, 2.45) is 29.6 Å². The lowest BCUT2D eigenvalue weighted by Crippen LogP contribution is -2.46. The molecular formula is C17H14ClF3N4O3. The van der Waals surface area contributed by atoms with Crippen molar-refractivity contribution in [3.05, 3.63) is 22.8 Å². The number of rotatable bonds is 2. The molecule has 0 unspecified atom stereocenters. The average molecular weight is 415 g/mol. The molecule has 0 radical (unpaired) electrons. The first-order valence-electron chi connectivity index (χ1n) is 8.49. The van der Waals surface area contributed by atoms with Crippen LogP contribution in [-0.4, -0.2) is 40.1 Å². The van der Waals surface area contributed by atoms with Gasteiger partial charge in [-0.3, -0.25) is 14.6 Å². The van der Waals surface area contributed by atoms with Gasteiger partial charge in [-0.25, -0.2) is 4.98 Å². The molecule has 2 aliphatic carbocycles. The molecule has 3 fully saturated rings. The van der Waals surface area contributed by atoms with E-state index in [1.807, 2.05) is 6.07 Å². The van der Waals surface area contributed by atoms with Gasteiger partial charge < -0.3 is 5.11 Å². The summed E-state index contributed by atoms with van der Waals surface area (Å²) in [5.74, 6) is -4.45. The van der Waals surface area contributed by atoms with Gasteiger partial charge >= 0.3 is 6.18 Å². The lowest BCUT2D eigenvalue weighted by atomic mass is 9.74. The molecule has 2 heterocycles. The zero-order chi connectivity index (χ0) is 20.5. The van der Waals surface area contributed by atoms with Gasteiger partial charge in [0.05, 0.1) is 40.5 Å². The molecule has 2 saturated carbocycles. The Kier molecular flexibility index (Phi) is 4.10. The second-order valence-corrected chi connectivity index (χ2v) is 7.71. The fraction of sp³-hybridized carbons (Fsp3) is 0.529. The Morgan fingerprint density at radius 3 is 2.46 bits per heavy atom. The molecule has 4 rings (SSSR count).